The second kappa shape index (κ2) is 4.87. The molecule has 1 aromatic heterocycles. The van der Waals surface area contributed by atoms with Gasteiger partial charge in [0.2, 0.25) is 0 Å². The summed E-state index contributed by atoms with van der Waals surface area (Å²) in [4.78, 5) is 7.29. The van der Waals surface area contributed by atoms with E-state index in [0.717, 1.165) is 16.9 Å². The van der Waals surface area contributed by atoms with Crippen LogP contribution in [0.1, 0.15) is 27.7 Å². The lowest BCUT2D eigenvalue weighted by Gasteiger charge is -2.32. The van der Waals surface area contributed by atoms with Gasteiger partial charge in [-0.1, -0.05) is 23.7 Å². The largest absolute Gasteiger partial charge is 0.496 e. The first-order valence-corrected chi connectivity index (χ1v) is 7.33. The number of H-pyrrole nitrogens is 1. The molecule has 0 atom stereocenters. The molecule has 0 bridgehead atoms. The van der Waals surface area contributed by atoms with Crippen molar-refractivity contribution in [2.45, 2.75) is 38.9 Å². The number of imidazole rings is 1. The first-order valence-electron chi connectivity index (χ1n) is 6.95. The van der Waals surface area contributed by atoms with Crippen molar-refractivity contribution < 1.29 is 9.31 Å². The topological polar surface area (TPSA) is 47.1 Å². The second-order valence-corrected chi connectivity index (χ2v) is 6.67. The summed E-state index contributed by atoms with van der Waals surface area (Å²) in [5, 5.41) is 0.613. The lowest BCUT2D eigenvalue weighted by Crippen LogP contribution is -2.41. The van der Waals surface area contributed by atoms with E-state index in [4.69, 9.17) is 20.9 Å². The molecule has 4 nitrogen and oxygen atoms in total. The zero-order chi connectivity index (χ0) is 15.3. The van der Waals surface area contributed by atoms with Crippen molar-refractivity contribution in [2.75, 3.05) is 0 Å². The van der Waals surface area contributed by atoms with Gasteiger partial charge in [-0.15, -0.1) is 0 Å². The van der Waals surface area contributed by atoms with E-state index in [1.165, 1.54) is 0 Å². The van der Waals surface area contributed by atoms with Gasteiger partial charge < -0.3 is 14.3 Å². The molecule has 1 aromatic carbocycles. The van der Waals surface area contributed by atoms with Crippen molar-refractivity contribution in [1.29, 1.82) is 0 Å². The van der Waals surface area contributed by atoms with Crippen molar-refractivity contribution in [2.24, 2.45) is 0 Å². The molecule has 2 heterocycles. The molecule has 110 valence electrons. The monoisotopic (exact) mass is 304 g/mol. The van der Waals surface area contributed by atoms with E-state index >= 15 is 0 Å². The zero-order valence-corrected chi connectivity index (χ0v) is 13.4. The van der Waals surface area contributed by atoms with Crippen molar-refractivity contribution in [1.82, 2.24) is 9.97 Å². The van der Waals surface area contributed by atoms with Gasteiger partial charge in [-0.3, -0.25) is 0 Å². The molecule has 1 aliphatic heterocycles. The summed E-state index contributed by atoms with van der Waals surface area (Å²) in [5.41, 5.74) is 1.03. The summed E-state index contributed by atoms with van der Waals surface area (Å²) in [6, 6.07) is 5.77. The number of halogens is 1. The van der Waals surface area contributed by atoms with Gasteiger partial charge in [-0.05, 0) is 33.8 Å². The maximum Gasteiger partial charge on any atom is 0.496 e. The van der Waals surface area contributed by atoms with Gasteiger partial charge in [0.1, 0.15) is 5.82 Å². The minimum atomic E-state index is -0.451. The van der Waals surface area contributed by atoms with Crippen molar-refractivity contribution >= 4 is 24.2 Å². The Morgan fingerprint density at radius 1 is 1.14 bits per heavy atom. The molecule has 0 radical (unpaired) electrons. The summed E-state index contributed by atoms with van der Waals surface area (Å²) in [7, 11) is -0.451. The number of hydrogen-bond acceptors (Lipinski definition) is 3. The highest BCUT2D eigenvalue weighted by molar-refractivity contribution is 6.65. The zero-order valence-electron chi connectivity index (χ0n) is 12.6. The van der Waals surface area contributed by atoms with E-state index in [1.807, 2.05) is 45.9 Å². The van der Waals surface area contributed by atoms with Gasteiger partial charge in [0.05, 0.1) is 11.2 Å². The molecule has 0 spiro atoms. The van der Waals surface area contributed by atoms with Gasteiger partial charge in [-0.2, -0.15) is 0 Å². The Bertz CT molecular complexity index is 640. The van der Waals surface area contributed by atoms with E-state index in [-0.39, 0.29) is 11.2 Å². The Labute approximate surface area is 130 Å². The molecule has 1 N–H and O–H groups in total. The van der Waals surface area contributed by atoms with Gasteiger partial charge in [0.25, 0.3) is 0 Å². The standard InChI is InChI=1S/C15H18BClN2O2/c1-14(2)15(3,4)21-16(20-14)11-6-5-10(9-12(11)17)13-18-7-8-19-13/h5-9H,1-4H3,(H,18,19). The highest BCUT2D eigenvalue weighted by atomic mass is 35.5. The lowest BCUT2D eigenvalue weighted by atomic mass is 9.78. The van der Waals surface area contributed by atoms with Crippen LogP contribution < -0.4 is 5.46 Å². The smallest absolute Gasteiger partial charge is 0.399 e. The molecule has 21 heavy (non-hydrogen) atoms. The van der Waals surface area contributed by atoms with Gasteiger partial charge >= 0.3 is 7.12 Å². The summed E-state index contributed by atoms with van der Waals surface area (Å²) < 4.78 is 12.1. The summed E-state index contributed by atoms with van der Waals surface area (Å²) >= 11 is 6.41. The van der Waals surface area contributed by atoms with Crippen LogP contribution in [0.3, 0.4) is 0 Å². The molecule has 0 unspecified atom stereocenters. The van der Waals surface area contributed by atoms with Crippen LogP contribution in [0, 0.1) is 0 Å². The quantitative estimate of drug-likeness (QED) is 0.868. The highest BCUT2D eigenvalue weighted by Crippen LogP contribution is 2.37. The lowest BCUT2D eigenvalue weighted by molar-refractivity contribution is 0.00578. The Balaban J connectivity index is 1.91. The second-order valence-electron chi connectivity index (χ2n) is 6.26. The van der Waals surface area contributed by atoms with Crippen molar-refractivity contribution in [3.63, 3.8) is 0 Å². The molecular weight excluding hydrogens is 286 g/mol. The number of aromatic amines is 1. The SMILES string of the molecule is CC1(C)OB(c2ccc(-c3ncc[nH]3)cc2Cl)OC1(C)C. The average Bonchev–Trinajstić information content (AvgIpc) is 2.96. The number of hydrogen-bond donors (Lipinski definition) is 1. The van der Waals surface area contributed by atoms with Crippen LogP contribution in [0.25, 0.3) is 11.4 Å². The van der Waals surface area contributed by atoms with E-state index in [2.05, 4.69) is 9.97 Å². The third kappa shape index (κ3) is 2.50. The number of nitrogens with one attached hydrogen (secondary N) is 1. The molecule has 3 rings (SSSR count). The summed E-state index contributed by atoms with van der Waals surface area (Å²) in [6.45, 7) is 8.10. The predicted molar refractivity (Wildman–Crippen MR) is 84.7 cm³/mol. The first kappa shape index (κ1) is 14.6. The van der Waals surface area contributed by atoms with Gasteiger partial charge in [0, 0.05) is 28.4 Å². The fraction of sp³-hybridized carbons (Fsp3) is 0.400. The molecule has 0 saturated carbocycles. The minimum Gasteiger partial charge on any atom is -0.399 e. The fourth-order valence-electron chi connectivity index (χ4n) is 2.26. The van der Waals surface area contributed by atoms with Crippen LogP contribution in [-0.2, 0) is 9.31 Å². The van der Waals surface area contributed by atoms with E-state index < -0.39 is 7.12 Å². The average molecular weight is 305 g/mol. The number of nitrogens with zero attached hydrogens (tertiary/aromatic N) is 1. The minimum absolute atomic E-state index is 0.374. The Morgan fingerprint density at radius 3 is 2.33 bits per heavy atom. The molecule has 1 aliphatic rings. The number of aromatic nitrogens is 2. The van der Waals surface area contributed by atoms with Crippen LogP contribution in [0.15, 0.2) is 30.6 Å². The maximum absolute atomic E-state index is 6.41. The van der Waals surface area contributed by atoms with Crippen LogP contribution in [0.4, 0.5) is 0 Å². The van der Waals surface area contributed by atoms with Crippen molar-refractivity contribution in [3.8, 4) is 11.4 Å². The molecular formula is C15H18BClN2O2. The van der Waals surface area contributed by atoms with Gasteiger partial charge in [-0.25, -0.2) is 4.98 Å². The molecule has 1 fully saturated rings. The van der Waals surface area contributed by atoms with Crippen LogP contribution in [0.2, 0.25) is 5.02 Å². The summed E-state index contributed by atoms with van der Waals surface area (Å²) in [5.74, 6) is 0.789. The molecule has 0 amide bonds. The third-order valence-corrected chi connectivity index (χ3v) is 4.61. The van der Waals surface area contributed by atoms with Crippen LogP contribution >= 0.6 is 11.6 Å². The Kier molecular flexibility index (Phi) is 3.39. The molecule has 1 saturated heterocycles. The van der Waals surface area contributed by atoms with E-state index in [0.29, 0.717) is 5.02 Å². The molecule has 6 heteroatoms. The molecule has 2 aromatic rings. The Morgan fingerprint density at radius 2 is 1.81 bits per heavy atom. The predicted octanol–water partition coefficient (Wildman–Crippen LogP) is 3.03. The maximum atomic E-state index is 6.41. The summed E-state index contributed by atoms with van der Waals surface area (Å²) in [6.07, 6.45) is 3.50. The normalized spacial score (nSPS) is 20.0. The third-order valence-electron chi connectivity index (χ3n) is 4.28. The van der Waals surface area contributed by atoms with Crippen molar-refractivity contribution in [3.05, 3.63) is 35.6 Å². The fourth-order valence-corrected chi connectivity index (χ4v) is 2.53. The van der Waals surface area contributed by atoms with Crippen LogP contribution in [-0.4, -0.2) is 28.3 Å². The molecule has 0 aliphatic carbocycles. The highest BCUT2D eigenvalue weighted by Gasteiger charge is 2.52. The first-order chi connectivity index (χ1) is 9.80. The number of benzene rings is 1. The number of rotatable bonds is 2. The Hall–Kier alpha value is -1.30. The van der Waals surface area contributed by atoms with E-state index in [1.54, 1.807) is 12.4 Å². The van der Waals surface area contributed by atoms with Gasteiger partial charge in [0.15, 0.2) is 0 Å². The van der Waals surface area contributed by atoms with Crippen LogP contribution in [0.5, 0.6) is 0 Å². The van der Waals surface area contributed by atoms with E-state index in [9.17, 15) is 0 Å².